The van der Waals surface area contributed by atoms with E-state index in [0.717, 1.165) is 18.5 Å². The van der Waals surface area contributed by atoms with Crippen LogP contribution in [0.1, 0.15) is 19.8 Å². The highest BCUT2D eigenvalue weighted by Crippen LogP contribution is 2.24. The van der Waals surface area contributed by atoms with Crippen molar-refractivity contribution in [2.45, 2.75) is 25.8 Å². The molecule has 1 aliphatic heterocycles. The molecule has 1 aromatic carbocycles. The number of hydrogen-bond acceptors (Lipinski definition) is 3. The second-order valence-electron chi connectivity index (χ2n) is 4.11. The van der Waals surface area contributed by atoms with E-state index in [9.17, 15) is 4.39 Å². The molecule has 2 nitrogen and oxygen atoms in total. The topological polar surface area (TPSA) is 21.3 Å². The van der Waals surface area contributed by atoms with Crippen molar-refractivity contribution in [3.8, 4) is 5.75 Å². The number of hydrogen-bond donors (Lipinski definition) is 1. The number of benzene rings is 1. The predicted octanol–water partition coefficient (Wildman–Crippen LogP) is 3.53. The Morgan fingerprint density at radius 3 is 2.82 bits per heavy atom. The number of nitrogens with one attached hydrogen (secondary N) is 1. The van der Waals surface area contributed by atoms with Crippen LogP contribution in [0.2, 0.25) is 0 Å². The zero-order valence-corrected chi connectivity index (χ0v) is 10.9. The number of halogens is 1. The first-order valence-electron chi connectivity index (χ1n) is 6.06. The van der Waals surface area contributed by atoms with Crippen LogP contribution in [0.5, 0.6) is 5.75 Å². The van der Waals surface area contributed by atoms with Gasteiger partial charge in [-0.05, 0) is 43.4 Å². The lowest BCUT2D eigenvalue weighted by Crippen LogP contribution is -2.24. The minimum absolute atomic E-state index is 0.290. The van der Waals surface area contributed by atoms with E-state index in [1.165, 1.54) is 17.6 Å². The van der Waals surface area contributed by atoms with Gasteiger partial charge in [-0.15, -0.1) is 0 Å². The molecule has 0 saturated carbocycles. The summed E-state index contributed by atoms with van der Waals surface area (Å²) in [5.74, 6) is 2.42. The Bertz CT molecular complexity index is 366. The number of ether oxygens (including phenoxy) is 1. The molecule has 94 valence electrons. The van der Waals surface area contributed by atoms with Gasteiger partial charge in [0.15, 0.2) is 11.6 Å². The Kier molecular flexibility index (Phi) is 4.54. The summed E-state index contributed by atoms with van der Waals surface area (Å²) < 4.78 is 18.8. The van der Waals surface area contributed by atoms with Crippen LogP contribution in [-0.4, -0.2) is 24.2 Å². The average Bonchev–Trinajstić information content (AvgIpc) is 2.34. The van der Waals surface area contributed by atoms with Crippen LogP contribution in [0.4, 0.5) is 10.1 Å². The Labute approximate surface area is 106 Å². The molecule has 1 heterocycles. The maximum atomic E-state index is 13.6. The Morgan fingerprint density at radius 2 is 2.18 bits per heavy atom. The molecule has 17 heavy (non-hydrogen) atoms. The third kappa shape index (κ3) is 3.53. The maximum absolute atomic E-state index is 13.6. The number of thioether (sulfide) groups is 1. The fourth-order valence-corrected chi connectivity index (χ4v) is 3.05. The van der Waals surface area contributed by atoms with Crippen molar-refractivity contribution in [3.05, 3.63) is 24.0 Å². The molecule has 1 N–H and O–H groups in total. The number of rotatable bonds is 4. The summed E-state index contributed by atoms with van der Waals surface area (Å²) in [6.45, 7) is 2.34. The second-order valence-corrected chi connectivity index (χ2v) is 5.33. The standard InChI is InChI=1S/C13H18FNOS/c1-2-16-13-4-3-11(9-12(13)14)15-10-5-7-17-8-6-10/h3-4,9-10,15H,2,5-8H2,1H3. The monoisotopic (exact) mass is 255 g/mol. The molecule has 0 radical (unpaired) electrons. The molecule has 0 unspecified atom stereocenters. The zero-order valence-electron chi connectivity index (χ0n) is 10.0. The summed E-state index contributed by atoms with van der Waals surface area (Å²) in [5.41, 5.74) is 0.850. The first-order valence-corrected chi connectivity index (χ1v) is 7.21. The molecule has 0 aromatic heterocycles. The van der Waals surface area contributed by atoms with E-state index in [4.69, 9.17) is 4.74 Å². The molecule has 4 heteroatoms. The fourth-order valence-electron chi connectivity index (χ4n) is 1.94. The van der Waals surface area contributed by atoms with Gasteiger partial charge in [-0.2, -0.15) is 11.8 Å². The van der Waals surface area contributed by atoms with E-state index in [1.807, 2.05) is 24.8 Å². The lowest BCUT2D eigenvalue weighted by molar-refractivity contribution is 0.321. The Balaban J connectivity index is 1.98. The van der Waals surface area contributed by atoms with Gasteiger partial charge in [0, 0.05) is 17.8 Å². The van der Waals surface area contributed by atoms with Crippen LogP contribution in [-0.2, 0) is 0 Å². The van der Waals surface area contributed by atoms with E-state index in [2.05, 4.69) is 5.32 Å². The van der Waals surface area contributed by atoms with Gasteiger partial charge in [-0.25, -0.2) is 4.39 Å². The smallest absolute Gasteiger partial charge is 0.167 e. The van der Waals surface area contributed by atoms with Crippen LogP contribution < -0.4 is 10.1 Å². The predicted molar refractivity (Wildman–Crippen MR) is 71.5 cm³/mol. The van der Waals surface area contributed by atoms with Gasteiger partial charge < -0.3 is 10.1 Å². The molecule has 2 rings (SSSR count). The molecule has 0 aliphatic carbocycles. The van der Waals surface area contributed by atoms with Crippen molar-refractivity contribution in [3.63, 3.8) is 0 Å². The summed E-state index contributed by atoms with van der Waals surface area (Å²) in [6.07, 6.45) is 2.30. The van der Waals surface area contributed by atoms with Crippen molar-refractivity contribution in [2.24, 2.45) is 0 Å². The third-order valence-electron chi connectivity index (χ3n) is 2.82. The fraction of sp³-hybridized carbons (Fsp3) is 0.538. The molecule has 1 fully saturated rings. The van der Waals surface area contributed by atoms with Crippen molar-refractivity contribution >= 4 is 17.4 Å². The summed E-state index contributed by atoms with van der Waals surface area (Å²) in [7, 11) is 0. The minimum Gasteiger partial charge on any atom is -0.491 e. The number of anilines is 1. The van der Waals surface area contributed by atoms with Crippen LogP contribution in [0.15, 0.2) is 18.2 Å². The molecule has 0 amide bonds. The van der Waals surface area contributed by atoms with E-state index in [0.29, 0.717) is 18.4 Å². The molecule has 0 bridgehead atoms. The van der Waals surface area contributed by atoms with Gasteiger partial charge in [-0.1, -0.05) is 0 Å². The normalized spacial score (nSPS) is 16.8. The van der Waals surface area contributed by atoms with Gasteiger partial charge >= 0.3 is 0 Å². The van der Waals surface area contributed by atoms with Gasteiger partial charge in [0.25, 0.3) is 0 Å². The molecular formula is C13H18FNOS. The second kappa shape index (κ2) is 6.15. The quantitative estimate of drug-likeness (QED) is 0.889. The van der Waals surface area contributed by atoms with Crippen molar-refractivity contribution in [1.29, 1.82) is 0 Å². The van der Waals surface area contributed by atoms with E-state index < -0.39 is 0 Å². The first-order chi connectivity index (χ1) is 8.29. The molecule has 0 atom stereocenters. The van der Waals surface area contributed by atoms with Crippen LogP contribution in [0, 0.1) is 5.82 Å². The SMILES string of the molecule is CCOc1ccc(NC2CCSCC2)cc1F. The lowest BCUT2D eigenvalue weighted by Gasteiger charge is -2.23. The van der Waals surface area contributed by atoms with Gasteiger partial charge in [0.1, 0.15) is 0 Å². The molecule has 0 spiro atoms. The van der Waals surface area contributed by atoms with Gasteiger partial charge in [0.2, 0.25) is 0 Å². The summed E-state index contributed by atoms with van der Waals surface area (Å²) >= 11 is 1.99. The van der Waals surface area contributed by atoms with E-state index in [1.54, 1.807) is 6.07 Å². The van der Waals surface area contributed by atoms with Crippen molar-refractivity contribution in [2.75, 3.05) is 23.4 Å². The highest BCUT2D eigenvalue weighted by molar-refractivity contribution is 7.99. The highest BCUT2D eigenvalue weighted by atomic mass is 32.2. The van der Waals surface area contributed by atoms with Crippen molar-refractivity contribution in [1.82, 2.24) is 0 Å². The van der Waals surface area contributed by atoms with Gasteiger partial charge in [0.05, 0.1) is 6.61 Å². The van der Waals surface area contributed by atoms with Crippen LogP contribution >= 0.6 is 11.8 Å². The largest absolute Gasteiger partial charge is 0.491 e. The highest BCUT2D eigenvalue weighted by Gasteiger charge is 2.14. The maximum Gasteiger partial charge on any atom is 0.167 e. The molecule has 1 saturated heterocycles. The molecule has 1 aliphatic rings. The lowest BCUT2D eigenvalue weighted by atomic mass is 10.1. The van der Waals surface area contributed by atoms with Crippen LogP contribution in [0.25, 0.3) is 0 Å². The Hall–Kier alpha value is -0.900. The summed E-state index contributed by atoms with van der Waals surface area (Å²) in [4.78, 5) is 0. The van der Waals surface area contributed by atoms with E-state index in [-0.39, 0.29) is 5.82 Å². The van der Waals surface area contributed by atoms with Crippen LogP contribution in [0.3, 0.4) is 0 Å². The van der Waals surface area contributed by atoms with E-state index >= 15 is 0 Å². The average molecular weight is 255 g/mol. The molecular weight excluding hydrogens is 237 g/mol. The van der Waals surface area contributed by atoms with Crippen molar-refractivity contribution < 1.29 is 9.13 Å². The summed E-state index contributed by atoms with van der Waals surface area (Å²) in [5, 5.41) is 3.38. The first kappa shape index (κ1) is 12.6. The summed E-state index contributed by atoms with van der Waals surface area (Å²) in [6, 6.07) is 5.58. The Morgan fingerprint density at radius 1 is 1.41 bits per heavy atom. The minimum atomic E-state index is -0.290. The third-order valence-corrected chi connectivity index (χ3v) is 3.87. The van der Waals surface area contributed by atoms with Gasteiger partial charge in [-0.3, -0.25) is 0 Å². The molecule has 1 aromatic rings. The zero-order chi connectivity index (χ0) is 12.1.